The third-order valence-electron chi connectivity index (χ3n) is 3.94. The highest BCUT2D eigenvalue weighted by molar-refractivity contribution is 6.42. The van der Waals surface area contributed by atoms with Crippen LogP contribution in [0.15, 0.2) is 42.5 Å². The summed E-state index contributed by atoms with van der Waals surface area (Å²) in [5.74, 6) is 0.400. The van der Waals surface area contributed by atoms with Crippen LogP contribution in [0.2, 0.25) is 10.0 Å². The predicted molar refractivity (Wildman–Crippen MR) is 85.8 cm³/mol. The van der Waals surface area contributed by atoms with E-state index in [2.05, 4.69) is 0 Å². The fraction of sp³-hybridized carbons (Fsp3) is 0.235. The molecule has 0 spiro atoms. The number of fused-ring (bicyclic) bond motifs is 1. The lowest BCUT2D eigenvalue weighted by atomic mass is 9.77. The van der Waals surface area contributed by atoms with Gasteiger partial charge in [-0.05, 0) is 30.2 Å². The molecule has 3 nitrogen and oxygen atoms in total. The van der Waals surface area contributed by atoms with Crippen LogP contribution in [-0.4, -0.2) is 19.7 Å². The van der Waals surface area contributed by atoms with E-state index < -0.39 is 5.41 Å². The van der Waals surface area contributed by atoms with Gasteiger partial charge in [0.25, 0.3) is 0 Å². The van der Waals surface area contributed by atoms with Gasteiger partial charge in [0.15, 0.2) is 0 Å². The van der Waals surface area contributed by atoms with Crippen LogP contribution in [0.3, 0.4) is 0 Å². The summed E-state index contributed by atoms with van der Waals surface area (Å²) in [5.41, 5.74) is 0.885. The molecule has 0 amide bonds. The quantitative estimate of drug-likeness (QED) is 0.793. The first-order valence-corrected chi connectivity index (χ1v) is 7.57. The van der Waals surface area contributed by atoms with Crippen LogP contribution in [0.25, 0.3) is 0 Å². The lowest BCUT2D eigenvalue weighted by molar-refractivity contribution is -0.148. The molecule has 2 aromatic rings. The molecule has 2 aromatic carbocycles. The van der Waals surface area contributed by atoms with Gasteiger partial charge in [-0.25, -0.2) is 0 Å². The van der Waals surface area contributed by atoms with E-state index in [0.717, 1.165) is 11.1 Å². The first-order chi connectivity index (χ1) is 10.6. The summed E-state index contributed by atoms with van der Waals surface area (Å²) in [7, 11) is 1.39. The number of carbonyl (C=O) groups is 1. The Balaban J connectivity index is 2.05. The van der Waals surface area contributed by atoms with Gasteiger partial charge in [0.2, 0.25) is 0 Å². The summed E-state index contributed by atoms with van der Waals surface area (Å²) in [4.78, 5) is 12.5. The van der Waals surface area contributed by atoms with Crippen molar-refractivity contribution in [1.29, 1.82) is 0 Å². The fourth-order valence-corrected chi connectivity index (χ4v) is 3.17. The number of hydrogen-bond donors (Lipinski definition) is 0. The van der Waals surface area contributed by atoms with Crippen molar-refractivity contribution < 1.29 is 14.3 Å². The molecule has 1 heterocycles. The summed E-state index contributed by atoms with van der Waals surface area (Å²) >= 11 is 12.0. The molecule has 0 bridgehead atoms. The zero-order chi connectivity index (χ0) is 15.7. The maximum atomic E-state index is 12.5. The highest BCUT2D eigenvalue weighted by Crippen LogP contribution is 2.42. The van der Waals surface area contributed by atoms with Crippen LogP contribution in [-0.2, 0) is 21.4 Å². The van der Waals surface area contributed by atoms with E-state index in [0.29, 0.717) is 22.2 Å². The van der Waals surface area contributed by atoms with Crippen LogP contribution >= 0.6 is 23.2 Å². The highest BCUT2D eigenvalue weighted by Gasteiger charge is 2.48. The Kier molecular flexibility index (Phi) is 4.02. The van der Waals surface area contributed by atoms with Crippen molar-refractivity contribution in [2.24, 2.45) is 0 Å². The molecule has 1 unspecified atom stereocenters. The number of halogens is 2. The van der Waals surface area contributed by atoms with Crippen LogP contribution in [0.4, 0.5) is 0 Å². The van der Waals surface area contributed by atoms with Gasteiger partial charge in [-0.2, -0.15) is 0 Å². The van der Waals surface area contributed by atoms with Crippen molar-refractivity contribution in [1.82, 2.24) is 0 Å². The smallest absolute Gasteiger partial charge is 0.320 e. The summed E-state index contributed by atoms with van der Waals surface area (Å²) < 4.78 is 10.7. The Labute approximate surface area is 138 Å². The van der Waals surface area contributed by atoms with E-state index >= 15 is 0 Å². The van der Waals surface area contributed by atoms with Crippen LogP contribution < -0.4 is 4.74 Å². The average molecular weight is 337 g/mol. The molecule has 3 rings (SSSR count). The molecule has 0 N–H and O–H groups in total. The van der Waals surface area contributed by atoms with Gasteiger partial charge in [-0.3, -0.25) is 4.79 Å². The second kappa shape index (κ2) is 5.82. The lowest BCUT2D eigenvalue weighted by Gasteiger charge is -2.25. The Hall–Kier alpha value is -1.71. The number of benzene rings is 2. The van der Waals surface area contributed by atoms with Crippen molar-refractivity contribution in [3.63, 3.8) is 0 Å². The number of hydrogen-bond acceptors (Lipinski definition) is 3. The Bertz CT molecular complexity index is 730. The number of esters is 1. The second-order valence-corrected chi connectivity index (χ2v) is 6.10. The van der Waals surface area contributed by atoms with Gasteiger partial charge >= 0.3 is 5.97 Å². The third kappa shape index (κ3) is 2.44. The Morgan fingerprint density at radius 1 is 1.23 bits per heavy atom. The maximum absolute atomic E-state index is 12.5. The summed E-state index contributed by atoms with van der Waals surface area (Å²) in [6.07, 6.45) is 0.438. The molecule has 0 radical (unpaired) electrons. The first kappa shape index (κ1) is 15.2. The molecule has 5 heteroatoms. The van der Waals surface area contributed by atoms with E-state index in [9.17, 15) is 4.79 Å². The minimum atomic E-state index is -0.859. The molecule has 1 aliphatic heterocycles. The van der Waals surface area contributed by atoms with Gasteiger partial charge in [0.05, 0.1) is 17.2 Å². The van der Waals surface area contributed by atoms with E-state index in [1.165, 1.54) is 7.11 Å². The molecular formula is C17H14Cl2O3. The molecule has 0 aromatic heterocycles. The van der Waals surface area contributed by atoms with Gasteiger partial charge < -0.3 is 9.47 Å². The second-order valence-electron chi connectivity index (χ2n) is 5.28. The van der Waals surface area contributed by atoms with Gasteiger partial charge in [-0.1, -0.05) is 47.5 Å². The number of methoxy groups -OCH3 is 1. The standard InChI is InChI=1S/C17H14Cl2O3/c1-21-16(20)17(9-11-6-7-13(18)14(19)8-11)10-22-15-5-3-2-4-12(15)17/h2-8H,9-10H2,1H3. The molecule has 0 fully saturated rings. The minimum Gasteiger partial charge on any atom is -0.492 e. The number of ether oxygens (including phenoxy) is 2. The summed E-state index contributed by atoms with van der Waals surface area (Å²) in [5, 5.41) is 0.951. The number of carbonyl (C=O) groups excluding carboxylic acids is 1. The van der Waals surface area contributed by atoms with E-state index in [1.54, 1.807) is 12.1 Å². The topological polar surface area (TPSA) is 35.5 Å². The molecule has 114 valence electrons. The summed E-state index contributed by atoms with van der Waals surface area (Å²) in [6, 6.07) is 12.9. The minimum absolute atomic E-state index is 0.249. The molecule has 22 heavy (non-hydrogen) atoms. The lowest BCUT2D eigenvalue weighted by Crippen LogP contribution is -2.40. The first-order valence-electron chi connectivity index (χ1n) is 6.81. The molecular weight excluding hydrogens is 323 g/mol. The van der Waals surface area contributed by atoms with Crippen molar-refractivity contribution in [3.05, 3.63) is 63.6 Å². The Morgan fingerprint density at radius 2 is 2.00 bits per heavy atom. The van der Waals surface area contributed by atoms with Crippen molar-refractivity contribution in [2.45, 2.75) is 11.8 Å². The maximum Gasteiger partial charge on any atom is 0.320 e. The predicted octanol–water partition coefficient (Wildman–Crippen LogP) is 4.04. The number of rotatable bonds is 3. The largest absolute Gasteiger partial charge is 0.492 e. The molecule has 1 aliphatic rings. The van der Waals surface area contributed by atoms with Crippen LogP contribution in [0.1, 0.15) is 11.1 Å². The van der Waals surface area contributed by atoms with Crippen molar-refractivity contribution >= 4 is 29.2 Å². The van der Waals surface area contributed by atoms with Crippen molar-refractivity contribution in [2.75, 3.05) is 13.7 Å². The SMILES string of the molecule is COC(=O)C1(Cc2ccc(Cl)c(Cl)c2)COc2ccccc21. The molecule has 0 aliphatic carbocycles. The highest BCUT2D eigenvalue weighted by atomic mass is 35.5. The van der Waals surface area contributed by atoms with E-state index in [1.807, 2.05) is 30.3 Å². The van der Waals surface area contributed by atoms with Crippen LogP contribution in [0, 0.1) is 0 Å². The van der Waals surface area contributed by atoms with Gasteiger partial charge in [-0.15, -0.1) is 0 Å². The average Bonchev–Trinajstić information content (AvgIpc) is 2.90. The fourth-order valence-electron chi connectivity index (χ4n) is 2.85. The third-order valence-corrected chi connectivity index (χ3v) is 4.68. The zero-order valence-corrected chi connectivity index (χ0v) is 13.4. The Morgan fingerprint density at radius 3 is 2.73 bits per heavy atom. The molecule has 0 saturated heterocycles. The molecule has 1 atom stereocenters. The monoisotopic (exact) mass is 336 g/mol. The molecule has 0 saturated carbocycles. The summed E-state index contributed by atoms with van der Waals surface area (Å²) in [6.45, 7) is 0.249. The van der Waals surface area contributed by atoms with Crippen molar-refractivity contribution in [3.8, 4) is 5.75 Å². The van der Waals surface area contributed by atoms with Gasteiger partial charge in [0.1, 0.15) is 17.8 Å². The van der Waals surface area contributed by atoms with E-state index in [4.69, 9.17) is 32.7 Å². The number of para-hydroxylation sites is 1. The van der Waals surface area contributed by atoms with Gasteiger partial charge in [0, 0.05) is 5.56 Å². The van der Waals surface area contributed by atoms with Crippen LogP contribution in [0.5, 0.6) is 5.75 Å². The van der Waals surface area contributed by atoms with E-state index in [-0.39, 0.29) is 12.6 Å². The normalized spacial score (nSPS) is 19.4. The zero-order valence-electron chi connectivity index (χ0n) is 11.9.